The molecule has 0 saturated heterocycles. The average Bonchev–Trinajstić information content (AvgIpc) is 3.32. The molecule has 178 valence electrons. The summed E-state index contributed by atoms with van der Waals surface area (Å²) >= 11 is 3.67. The van der Waals surface area contributed by atoms with Gasteiger partial charge in [0.2, 0.25) is 20.0 Å². The van der Waals surface area contributed by atoms with Crippen molar-refractivity contribution in [3.63, 3.8) is 0 Å². The minimum absolute atomic E-state index is 0.0729. The summed E-state index contributed by atoms with van der Waals surface area (Å²) in [5.41, 5.74) is 5.07. The Morgan fingerprint density at radius 3 is 1.68 bits per heavy atom. The number of fused-ring (bicyclic) bond motifs is 2. The van der Waals surface area contributed by atoms with E-state index in [2.05, 4.69) is 19.6 Å². The number of primary amides is 1. The number of anilines is 2. The Morgan fingerprint density at radius 1 is 0.971 bits per heavy atom. The van der Waals surface area contributed by atoms with Gasteiger partial charge in [-0.15, -0.1) is 0 Å². The van der Waals surface area contributed by atoms with Crippen molar-refractivity contribution >= 4 is 90.8 Å². The first-order valence-corrected chi connectivity index (χ1v) is 15.5. The molecule has 0 unspecified atom stereocenters. The maximum atomic E-state index is 12.2. The maximum Gasteiger partial charge on any atom is 0.280 e. The highest BCUT2D eigenvalue weighted by molar-refractivity contribution is 8.26. The number of carbonyl (C=O) groups is 2. The summed E-state index contributed by atoms with van der Waals surface area (Å²) in [6.07, 6.45) is 2.15. The molecule has 0 bridgehead atoms. The van der Waals surface area contributed by atoms with Crippen LogP contribution in [0.5, 0.6) is 0 Å². The molecule has 0 aromatic heterocycles. The summed E-state index contributed by atoms with van der Waals surface area (Å²) in [5, 5.41) is 11.6. The van der Waals surface area contributed by atoms with Gasteiger partial charge in [-0.3, -0.25) is 24.4 Å². The lowest BCUT2D eigenvalue weighted by Crippen LogP contribution is -2.14. The van der Waals surface area contributed by atoms with Gasteiger partial charge in [-0.25, -0.2) is 16.8 Å². The van der Waals surface area contributed by atoms with Gasteiger partial charge in [0, 0.05) is 0 Å². The monoisotopic (exact) mass is 576 g/mol. The number of hydrogen-bond acceptors (Lipinski definition) is 11. The van der Waals surface area contributed by atoms with E-state index in [-0.39, 0.29) is 50.8 Å². The number of nitrogens with one attached hydrogen (secondary N) is 3. The van der Waals surface area contributed by atoms with Crippen molar-refractivity contribution in [2.45, 2.75) is 19.6 Å². The number of nitrogens with two attached hydrogens (primary N) is 1. The third kappa shape index (κ3) is 5.43. The highest BCUT2D eigenvalue weighted by Crippen LogP contribution is 2.67. The van der Waals surface area contributed by atoms with Crippen LogP contribution in [0.3, 0.4) is 0 Å². The molecule has 18 heteroatoms. The molecular weight excluding hydrogens is 565 g/mol. The van der Waals surface area contributed by atoms with Crippen LogP contribution in [0.15, 0.2) is 39.5 Å². The quantitative estimate of drug-likeness (QED) is 0.122. The minimum Gasteiger partial charge on any atom is -0.365 e. The number of nitriles is 1. The Morgan fingerprint density at radius 2 is 1.38 bits per heavy atom. The van der Waals surface area contributed by atoms with Crippen LogP contribution < -0.4 is 20.5 Å². The van der Waals surface area contributed by atoms with E-state index in [1.165, 1.54) is 0 Å². The lowest BCUT2D eigenvalue weighted by atomic mass is 10.3. The fraction of sp³-hybridized carbons (Fsp3) is 0.125. The Kier molecular flexibility index (Phi) is 7.41. The van der Waals surface area contributed by atoms with E-state index in [4.69, 9.17) is 12.3 Å². The van der Waals surface area contributed by atoms with Crippen molar-refractivity contribution in [3.05, 3.63) is 31.3 Å². The molecule has 0 spiro atoms. The van der Waals surface area contributed by atoms with Crippen LogP contribution in [0, 0.1) is 17.9 Å². The molecule has 34 heavy (non-hydrogen) atoms. The summed E-state index contributed by atoms with van der Waals surface area (Å²) < 4.78 is 53.9. The van der Waals surface area contributed by atoms with Gasteiger partial charge < -0.3 is 10.6 Å². The van der Waals surface area contributed by atoms with Crippen LogP contribution in [-0.2, 0) is 29.6 Å². The summed E-state index contributed by atoms with van der Waals surface area (Å²) in [6, 6.07) is 1.71. The first kappa shape index (κ1) is 26.1. The Labute approximate surface area is 211 Å². The molecule has 12 nitrogen and oxygen atoms in total. The predicted molar refractivity (Wildman–Crippen MR) is 131 cm³/mol. The number of amides is 2. The first-order chi connectivity index (χ1) is 15.8. The van der Waals surface area contributed by atoms with Gasteiger partial charge in [-0.05, 0) is 0 Å². The number of thioether (sulfide) groups is 4. The number of nitrogens with zero attached hydrogens (tertiary/aromatic N) is 2. The topological polar surface area (TPSA) is 193 Å². The molecule has 2 heterocycles. The van der Waals surface area contributed by atoms with Crippen molar-refractivity contribution < 1.29 is 26.4 Å². The third-order valence-electron chi connectivity index (χ3n) is 3.74. The van der Waals surface area contributed by atoms with Crippen LogP contribution in [0.25, 0.3) is 4.85 Å². The first-order valence-electron chi connectivity index (χ1n) is 8.46. The molecule has 5 N–H and O–H groups in total. The van der Waals surface area contributed by atoms with Gasteiger partial charge in [-0.2, -0.15) is 5.26 Å². The van der Waals surface area contributed by atoms with E-state index in [0.717, 1.165) is 59.6 Å². The number of sulfonamides is 2. The van der Waals surface area contributed by atoms with Crippen molar-refractivity contribution in [1.82, 2.24) is 5.32 Å². The average molecular weight is 577 g/mol. The molecule has 0 aliphatic carbocycles. The number of benzene rings is 1. The molecule has 0 atom stereocenters. The molecular formula is C16H12N6O6S6. The van der Waals surface area contributed by atoms with Gasteiger partial charge in [0.15, 0.2) is 0 Å². The second-order valence-electron chi connectivity index (χ2n) is 6.37. The van der Waals surface area contributed by atoms with Gasteiger partial charge in [0.1, 0.15) is 11.6 Å². The fourth-order valence-electron chi connectivity index (χ4n) is 2.61. The van der Waals surface area contributed by atoms with E-state index in [1.807, 2.05) is 0 Å². The van der Waals surface area contributed by atoms with Gasteiger partial charge >= 0.3 is 0 Å². The molecule has 1 aromatic carbocycles. The summed E-state index contributed by atoms with van der Waals surface area (Å²) in [6.45, 7) is 7.30. The normalized spacial score (nSPS) is 14.4. The Balaban J connectivity index is 2.38. The van der Waals surface area contributed by atoms with E-state index in [9.17, 15) is 31.7 Å². The zero-order valence-electron chi connectivity index (χ0n) is 16.9. The van der Waals surface area contributed by atoms with Crippen LogP contribution >= 0.6 is 47.0 Å². The maximum absolute atomic E-state index is 12.2. The van der Waals surface area contributed by atoms with Crippen LogP contribution in [-0.4, -0.2) is 41.7 Å². The second-order valence-corrected chi connectivity index (χ2v) is 14.5. The molecule has 0 radical (unpaired) electrons. The number of carbonyl (C=O) groups excluding carboxylic acids is 2. The van der Waals surface area contributed by atoms with Crippen molar-refractivity contribution in [1.29, 1.82) is 5.26 Å². The smallest absolute Gasteiger partial charge is 0.280 e. The predicted octanol–water partition coefficient (Wildman–Crippen LogP) is 1.84. The number of hydrogen-bond donors (Lipinski definition) is 4. The molecule has 2 aliphatic heterocycles. The molecule has 2 amide bonds. The van der Waals surface area contributed by atoms with Gasteiger partial charge in [0.05, 0.1) is 51.9 Å². The van der Waals surface area contributed by atoms with Crippen LogP contribution in [0.2, 0.25) is 0 Å². The van der Waals surface area contributed by atoms with Crippen LogP contribution in [0.4, 0.5) is 11.4 Å². The molecule has 3 rings (SSSR count). The summed E-state index contributed by atoms with van der Waals surface area (Å²) in [7, 11) is -7.67. The van der Waals surface area contributed by atoms with E-state index in [1.54, 1.807) is 6.07 Å². The number of rotatable bonds is 7. The lowest BCUT2D eigenvalue weighted by molar-refractivity contribution is -0.114. The molecule has 2 aliphatic rings. The molecule has 0 fully saturated rings. The third-order valence-corrected chi connectivity index (χ3v) is 10.1. The van der Waals surface area contributed by atoms with Crippen molar-refractivity contribution in [3.8, 4) is 6.07 Å². The summed E-state index contributed by atoms with van der Waals surface area (Å²) in [5.74, 6) is -1.12. The van der Waals surface area contributed by atoms with E-state index in [0.29, 0.717) is 6.41 Å². The highest BCUT2D eigenvalue weighted by atomic mass is 32.2. The van der Waals surface area contributed by atoms with Crippen molar-refractivity contribution in [2.75, 3.05) is 22.0 Å². The zero-order chi connectivity index (χ0) is 25.4. The molecule has 0 saturated carbocycles. The highest BCUT2D eigenvalue weighted by Gasteiger charge is 2.38. The van der Waals surface area contributed by atoms with Crippen molar-refractivity contribution in [2.24, 2.45) is 5.73 Å². The Hall–Kier alpha value is -2.48. The van der Waals surface area contributed by atoms with E-state index < -0.39 is 26.0 Å². The van der Waals surface area contributed by atoms with Gasteiger partial charge in [0.25, 0.3) is 18.1 Å². The van der Waals surface area contributed by atoms with Crippen LogP contribution in [0.1, 0.15) is 0 Å². The SMILES string of the molecule is [C-]#[N+]C(NC=O)=C1Sc2c(NS(C)(=O)=O)c3c(c(NS(C)(=O)=O)c2S1)SC(=C(C#N)C(N)=O)S3. The second kappa shape index (κ2) is 9.64. The lowest BCUT2D eigenvalue weighted by Gasteiger charge is -2.17. The summed E-state index contributed by atoms with van der Waals surface area (Å²) in [4.78, 5) is 26.9. The van der Waals surface area contributed by atoms with E-state index >= 15 is 0 Å². The molecule has 1 aromatic rings. The Bertz CT molecular complexity index is 1420. The largest absolute Gasteiger partial charge is 0.365 e. The zero-order valence-corrected chi connectivity index (χ0v) is 21.8. The van der Waals surface area contributed by atoms with Gasteiger partial charge in [-0.1, -0.05) is 53.6 Å². The fourth-order valence-corrected chi connectivity index (χ4v) is 9.42. The standard InChI is InChI=1S/C16H12N6O6S6/c1-19-14(20-5-23)16-31-11-7(21-33(2,25)26)9-10(8(12(11)32-16)22-34(3,27)28)30-15(29-9)6(4-17)13(18)24/h5,21-22H,2-3H3,(H2,18,24)(H,20,23). The minimum atomic E-state index is -3.84.